The van der Waals surface area contributed by atoms with Crippen molar-refractivity contribution in [2.24, 2.45) is 0 Å². The van der Waals surface area contributed by atoms with Crippen LogP contribution in [0.1, 0.15) is 65.7 Å². The third-order valence-corrected chi connectivity index (χ3v) is 4.59. The number of aliphatic hydroxyl groups is 1. The zero-order valence-electron chi connectivity index (χ0n) is 16.2. The van der Waals surface area contributed by atoms with E-state index in [0.717, 1.165) is 32.1 Å². The number of carboxylic acids is 2. The minimum Gasteiger partial charge on any atom is -0.544 e. The summed E-state index contributed by atoms with van der Waals surface area (Å²) in [6, 6.07) is -1.92. The summed E-state index contributed by atoms with van der Waals surface area (Å²) < 4.78 is -0.297. The van der Waals surface area contributed by atoms with Crippen molar-refractivity contribution >= 4 is 11.9 Å². The summed E-state index contributed by atoms with van der Waals surface area (Å²) in [6.45, 7) is 5.31. The maximum Gasteiger partial charge on any atom is 1.00 e. The summed E-state index contributed by atoms with van der Waals surface area (Å²) in [7, 11) is 0. The molecule has 0 bridgehead atoms. The van der Waals surface area contributed by atoms with Crippen molar-refractivity contribution < 1.29 is 48.3 Å². The molecule has 0 aromatic heterocycles. The van der Waals surface area contributed by atoms with Crippen LogP contribution < -0.4 is 24.0 Å². The van der Waals surface area contributed by atoms with Gasteiger partial charge in [0.1, 0.15) is 12.6 Å². The fourth-order valence-corrected chi connectivity index (χ4v) is 3.37. The number of carbonyl (C=O) groups is 2. The van der Waals surface area contributed by atoms with Crippen LogP contribution >= 0.6 is 0 Å². The number of unbranched alkanes of at least 4 members (excludes halogenated alkanes) is 4. The van der Waals surface area contributed by atoms with Crippen molar-refractivity contribution in [2.75, 3.05) is 13.2 Å². The van der Waals surface area contributed by atoms with Crippen LogP contribution in [0, 0.1) is 0 Å². The minimum absolute atomic E-state index is 0. The minimum atomic E-state index is -1.28. The topological polar surface area (TPSA) is 97.7 Å². The Morgan fingerprint density at radius 2 is 1.68 bits per heavy atom. The number of hydrogen-bond donors (Lipinski definition) is 2. The van der Waals surface area contributed by atoms with Gasteiger partial charge in [0.05, 0.1) is 18.8 Å². The number of carbonyl (C=O) groups excluding carboxylic acids is 1. The number of aliphatic carboxylic acids is 2. The number of carboxylic acid groups (broad SMARTS) is 2. The molecule has 3 atom stereocenters. The average Bonchev–Trinajstić information content (AvgIpc) is 2.51. The third-order valence-electron chi connectivity index (χ3n) is 4.59. The molecule has 0 fully saturated rings. The molecule has 0 saturated carbocycles. The quantitative estimate of drug-likeness (QED) is 0.230. The van der Waals surface area contributed by atoms with Crippen LogP contribution in [0.4, 0.5) is 0 Å². The Morgan fingerprint density at radius 3 is 2.08 bits per heavy atom. The maximum atomic E-state index is 11.7. The van der Waals surface area contributed by atoms with E-state index in [2.05, 4.69) is 6.92 Å². The third kappa shape index (κ3) is 7.96. The number of nitrogens with zero attached hydrogens (tertiary/aromatic N) is 1. The standard InChI is InChI=1S/C18H33NO5.Li/c1-4-7-8-9-10-11-12-19(13-14-20,15(5-2)17(21)22)16(6-3)18(23)24;/h11-12,15-16,20H,4-10,13-14H2,1-3H3,(H-,21,22,23,24);/q;+1/b12-11+;. The average molecular weight is 350 g/mol. The van der Waals surface area contributed by atoms with Crippen LogP contribution in [0.25, 0.3) is 0 Å². The van der Waals surface area contributed by atoms with E-state index in [1.807, 2.05) is 6.08 Å². The molecule has 0 aliphatic rings. The van der Waals surface area contributed by atoms with Gasteiger partial charge in [-0.05, 0) is 18.9 Å². The van der Waals surface area contributed by atoms with E-state index < -0.39 is 24.0 Å². The molecule has 0 radical (unpaired) electrons. The molecule has 7 heteroatoms. The van der Waals surface area contributed by atoms with Gasteiger partial charge in [0.2, 0.25) is 0 Å². The molecule has 0 aliphatic heterocycles. The van der Waals surface area contributed by atoms with Gasteiger partial charge in [0.25, 0.3) is 0 Å². The fraction of sp³-hybridized carbons (Fsp3) is 0.778. The Morgan fingerprint density at radius 1 is 1.08 bits per heavy atom. The summed E-state index contributed by atoms with van der Waals surface area (Å²) in [5.41, 5.74) is 0. The van der Waals surface area contributed by atoms with Gasteiger partial charge in [0, 0.05) is 12.8 Å². The first kappa shape index (κ1) is 26.4. The number of hydrogen-bond acceptors (Lipinski definition) is 4. The molecule has 0 aromatic carbocycles. The van der Waals surface area contributed by atoms with Crippen molar-refractivity contribution in [3.05, 3.63) is 12.3 Å². The van der Waals surface area contributed by atoms with Crippen molar-refractivity contribution in [2.45, 2.75) is 77.8 Å². The molecule has 0 aliphatic carbocycles. The predicted octanol–water partition coefficient (Wildman–Crippen LogP) is -1.32. The second-order valence-corrected chi connectivity index (χ2v) is 6.18. The molecule has 0 amide bonds. The monoisotopic (exact) mass is 350 g/mol. The summed E-state index contributed by atoms with van der Waals surface area (Å²) >= 11 is 0. The fourth-order valence-electron chi connectivity index (χ4n) is 3.37. The van der Waals surface area contributed by atoms with Crippen molar-refractivity contribution in [3.63, 3.8) is 0 Å². The first-order valence-corrected chi connectivity index (χ1v) is 9.00. The van der Waals surface area contributed by atoms with Crippen molar-refractivity contribution in [1.29, 1.82) is 0 Å². The molecular formula is C18H33LiNO5+. The van der Waals surface area contributed by atoms with Crippen LogP contribution in [-0.2, 0) is 9.59 Å². The number of quaternary nitrogens is 1. The van der Waals surface area contributed by atoms with Crippen LogP contribution in [0.2, 0.25) is 0 Å². The van der Waals surface area contributed by atoms with Gasteiger partial charge >= 0.3 is 24.8 Å². The SMILES string of the molecule is CCCCCC/C=C/[N+](CCO)(C(CC)C(=O)[O-])C(CC)C(=O)O.[Li+]. The van der Waals surface area contributed by atoms with Gasteiger partial charge in [-0.1, -0.05) is 40.0 Å². The molecule has 0 aromatic rings. The van der Waals surface area contributed by atoms with Gasteiger partial charge < -0.3 is 20.1 Å². The summed E-state index contributed by atoms with van der Waals surface area (Å²) in [5.74, 6) is -2.33. The summed E-state index contributed by atoms with van der Waals surface area (Å²) in [4.78, 5) is 23.4. The van der Waals surface area contributed by atoms with Gasteiger partial charge in [-0.3, -0.25) is 4.48 Å². The Kier molecular flexibility index (Phi) is 15.2. The summed E-state index contributed by atoms with van der Waals surface area (Å²) in [5, 5.41) is 30.7. The second-order valence-electron chi connectivity index (χ2n) is 6.18. The zero-order valence-corrected chi connectivity index (χ0v) is 16.2. The number of allylic oxidation sites excluding steroid dienone is 1. The molecule has 3 unspecified atom stereocenters. The van der Waals surface area contributed by atoms with Crippen molar-refractivity contribution in [1.82, 2.24) is 0 Å². The van der Waals surface area contributed by atoms with E-state index in [9.17, 15) is 24.9 Å². The molecule has 140 valence electrons. The number of rotatable bonds is 14. The smallest absolute Gasteiger partial charge is 0.544 e. The first-order chi connectivity index (χ1) is 11.4. The van der Waals surface area contributed by atoms with E-state index in [0.29, 0.717) is 0 Å². The largest absolute Gasteiger partial charge is 1.00 e. The Hall–Kier alpha value is -0.803. The van der Waals surface area contributed by atoms with Gasteiger partial charge in [-0.25, -0.2) is 4.79 Å². The first-order valence-electron chi connectivity index (χ1n) is 9.00. The molecule has 0 spiro atoms. The molecule has 2 N–H and O–H groups in total. The van der Waals surface area contributed by atoms with E-state index >= 15 is 0 Å². The second kappa shape index (κ2) is 14.4. The Labute approximate surface area is 163 Å². The van der Waals surface area contributed by atoms with Crippen molar-refractivity contribution in [3.8, 4) is 0 Å². The molecule has 0 heterocycles. The van der Waals surface area contributed by atoms with E-state index in [4.69, 9.17) is 0 Å². The molecular weight excluding hydrogens is 317 g/mol. The Bertz CT molecular complexity index is 392. The zero-order chi connectivity index (χ0) is 18.6. The molecule has 6 nitrogen and oxygen atoms in total. The van der Waals surface area contributed by atoms with Gasteiger partial charge in [-0.15, -0.1) is 0 Å². The summed E-state index contributed by atoms with van der Waals surface area (Å²) in [6.07, 6.45) is 9.18. The normalized spacial score (nSPS) is 16.0. The van der Waals surface area contributed by atoms with Gasteiger partial charge in [0.15, 0.2) is 6.04 Å². The van der Waals surface area contributed by atoms with E-state index in [1.54, 1.807) is 20.0 Å². The van der Waals surface area contributed by atoms with Gasteiger partial charge in [-0.2, -0.15) is 0 Å². The van der Waals surface area contributed by atoms with Crippen LogP contribution in [0.3, 0.4) is 0 Å². The molecule has 0 saturated heterocycles. The van der Waals surface area contributed by atoms with Crippen LogP contribution in [0.5, 0.6) is 0 Å². The van der Waals surface area contributed by atoms with Crippen LogP contribution in [-0.4, -0.2) is 51.9 Å². The van der Waals surface area contributed by atoms with Crippen LogP contribution in [0.15, 0.2) is 12.3 Å². The molecule has 25 heavy (non-hydrogen) atoms. The Balaban J connectivity index is 0. The maximum absolute atomic E-state index is 11.7. The molecule has 0 rings (SSSR count). The van der Waals surface area contributed by atoms with E-state index in [-0.39, 0.29) is 49.3 Å². The predicted molar refractivity (Wildman–Crippen MR) is 90.9 cm³/mol. The number of aliphatic hydroxyl groups excluding tert-OH is 1. The van der Waals surface area contributed by atoms with E-state index in [1.165, 1.54) is 0 Å².